The molecule has 4 aromatic rings. The molecular formula is C27H30ClN7O2. The van der Waals surface area contributed by atoms with Gasteiger partial charge < -0.3 is 15.0 Å². The van der Waals surface area contributed by atoms with Crippen molar-refractivity contribution >= 4 is 28.6 Å². The lowest BCUT2D eigenvalue weighted by molar-refractivity contribution is 0.195. The summed E-state index contributed by atoms with van der Waals surface area (Å²) in [4.78, 5) is 33.9. The Morgan fingerprint density at radius 1 is 1.16 bits per heavy atom. The maximum atomic E-state index is 13.8. The Kier molecular flexibility index (Phi) is 7.45. The Labute approximate surface area is 220 Å². The fourth-order valence-corrected chi connectivity index (χ4v) is 4.78. The first kappa shape index (κ1) is 25.3. The Morgan fingerprint density at radius 3 is 2.76 bits per heavy atom. The maximum absolute atomic E-state index is 13.8. The van der Waals surface area contributed by atoms with Gasteiger partial charge in [-0.1, -0.05) is 23.7 Å². The number of nitrogens with one attached hydrogen (secondary N) is 1. The average Bonchev–Trinajstić information content (AvgIpc) is 3.38. The molecule has 1 saturated heterocycles. The van der Waals surface area contributed by atoms with Crippen molar-refractivity contribution in [1.82, 2.24) is 29.4 Å². The van der Waals surface area contributed by atoms with E-state index in [4.69, 9.17) is 21.3 Å². The molecule has 3 aromatic heterocycles. The molecule has 0 bridgehead atoms. The third-order valence-corrected chi connectivity index (χ3v) is 6.70. The number of ether oxygens (including phenoxy) is 1. The predicted octanol–water partition coefficient (Wildman–Crippen LogP) is 4.03. The van der Waals surface area contributed by atoms with Crippen LogP contribution in [-0.2, 0) is 11.3 Å². The molecule has 9 nitrogen and oxygen atoms in total. The zero-order valence-electron chi connectivity index (χ0n) is 21.2. The van der Waals surface area contributed by atoms with E-state index >= 15 is 0 Å². The van der Waals surface area contributed by atoms with E-state index in [0.717, 1.165) is 48.3 Å². The second-order valence-electron chi connectivity index (χ2n) is 9.59. The van der Waals surface area contributed by atoms with Crippen LogP contribution in [0, 0.1) is 6.92 Å². The summed E-state index contributed by atoms with van der Waals surface area (Å²) >= 11 is 6.74. The van der Waals surface area contributed by atoms with Gasteiger partial charge in [0.25, 0.3) is 5.56 Å². The summed E-state index contributed by atoms with van der Waals surface area (Å²) in [5.74, 6) is 0.498. The van der Waals surface area contributed by atoms with E-state index in [1.54, 1.807) is 23.2 Å². The van der Waals surface area contributed by atoms with E-state index in [-0.39, 0.29) is 11.6 Å². The van der Waals surface area contributed by atoms with Crippen molar-refractivity contribution in [3.8, 4) is 22.4 Å². The smallest absolute Gasteiger partial charge is 0.260 e. The molecule has 0 spiro atoms. The van der Waals surface area contributed by atoms with E-state index in [1.165, 1.54) is 0 Å². The summed E-state index contributed by atoms with van der Waals surface area (Å²) in [6.45, 7) is 4.61. The third kappa shape index (κ3) is 5.64. The van der Waals surface area contributed by atoms with Gasteiger partial charge in [0.05, 0.1) is 30.2 Å². The number of fused-ring (bicyclic) bond motifs is 1. The summed E-state index contributed by atoms with van der Waals surface area (Å²) in [6, 6.07) is 7.60. The molecule has 37 heavy (non-hydrogen) atoms. The number of hydrogen-bond donors (Lipinski definition) is 1. The van der Waals surface area contributed by atoms with Crippen molar-refractivity contribution < 1.29 is 4.74 Å². The predicted molar refractivity (Wildman–Crippen MR) is 146 cm³/mol. The molecule has 0 saturated carbocycles. The lowest BCUT2D eigenvalue weighted by Gasteiger charge is -2.16. The number of halogens is 1. The fourth-order valence-electron chi connectivity index (χ4n) is 4.50. The van der Waals surface area contributed by atoms with Gasteiger partial charge in [-0.25, -0.2) is 9.97 Å². The highest BCUT2D eigenvalue weighted by Crippen LogP contribution is 2.31. The van der Waals surface area contributed by atoms with Crippen molar-refractivity contribution in [2.45, 2.75) is 32.4 Å². The second kappa shape index (κ2) is 10.9. The lowest BCUT2D eigenvalue weighted by atomic mass is 10.0. The molecule has 4 heterocycles. The number of aryl methyl sites for hydroxylation is 2. The van der Waals surface area contributed by atoms with Crippen molar-refractivity contribution in [3.63, 3.8) is 0 Å². The zero-order valence-corrected chi connectivity index (χ0v) is 22.0. The van der Waals surface area contributed by atoms with Crippen LogP contribution in [0.15, 0.2) is 47.7 Å². The van der Waals surface area contributed by atoms with Crippen LogP contribution in [-0.4, -0.2) is 69.3 Å². The average molecular weight is 520 g/mol. The van der Waals surface area contributed by atoms with Crippen molar-refractivity contribution in [2.24, 2.45) is 0 Å². The number of hydrogen-bond acceptors (Lipinski definition) is 8. The Bertz CT molecular complexity index is 1480. The molecule has 0 unspecified atom stereocenters. The molecule has 1 N–H and O–H groups in total. The van der Waals surface area contributed by atoms with E-state index in [0.29, 0.717) is 40.9 Å². The Balaban J connectivity index is 1.57. The number of nitrogens with zero attached hydrogens (tertiary/aromatic N) is 6. The largest absolute Gasteiger partial charge is 0.379 e. The molecule has 192 valence electrons. The maximum Gasteiger partial charge on any atom is 0.260 e. The van der Waals surface area contributed by atoms with Crippen LogP contribution in [0.3, 0.4) is 0 Å². The van der Waals surface area contributed by atoms with E-state index in [9.17, 15) is 4.79 Å². The van der Waals surface area contributed by atoms with Crippen LogP contribution >= 0.6 is 11.6 Å². The van der Waals surface area contributed by atoms with Crippen molar-refractivity contribution in [2.75, 3.05) is 39.2 Å². The molecule has 0 amide bonds. The SMILES string of the molecule is Cc1cncc(-c2ccc(-c3cc4cnc(N[C@H]5CCOC5)nc4n(CCCN(C)C)c3=O)c(Cl)c2)n1. The molecule has 1 atom stereocenters. The normalized spacial score (nSPS) is 15.5. The van der Waals surface area contributed by atoms with Gasteiger partial charge in [-0.3, -0.25) is 14.3 Å². The Morgan fingerprint density at radius 2 is 2.03 bits per heavy atom. The van der Waals surface area contributed by atoms with Gasteiger partial charge in [-0.2, -0.15) is 4.98 Å². The number of rotatable bonds is 8. The molecule has 1 aliphatic rings. The van der Waals surface area contributed by atoms with E-state index in [2.05, 4.69) is 25.2 Å². The summed E-state index contributed by atoms with van der Waals surface area (Å²) in [7, 11) is 4.04. The molecule has 1 aliphatic heterocycles. The minimum absolute atomic E-state index is 0.134. The number of pyridine rings is 1. The molecule has 5 rings (SSSR count). The zero-order chi connectivity index (χ0) is 25.9. The van der Waals surface area contributed by atoms with Gasteiger partial charge in [0.1, 0.15) is 5.65 Å². The summed E-state index contributed by atoms with van der Waals surface area (Å²) in [6.07, 6.45) is 6.87. The molecule has 10 heteroatoms. The van der Waals surface area contributed by atoms with Crippen LogP contribution in [0.2, 0.25) is 5.02 Å². The van der Waals surface area contributed by atoms with Crippen LogP contribution in [0.1, 0.15) is 18.5 Å². The van der Waals surface area contributed by atoms with Gasteiger partial charge in [0.2, 0.25) is 5.95 Å². The second-order valence-corrected chi connectivity index (χ2v) is 10.00. The van der Waals surface area contributed by atoms with Gasteiger partial charge in [-0.05, 0) is 52.5 Å². The lowest BCUT2D eigenvalue weighted by Crippen LogP contribution is -2.26. The first-order chi connectivity index (χ1) is 17.9. The van der Waals surface area contributed by atoms with Gasteiger partial charge in [0, 0.05) is 52.6 Å². The van der Waals surface area contributed by atoms with Crippen molar-refractivity contribution in [3.05, 3.63) is 63.9 Å². The fraction of sp³-hybridized carbons (Fsp3) is 0.370. The Hall–Kier alpha value is -3.40. The third-order valence-electron chi connectivity index (χ3n) is 6.39. The van der Waals surface area contributed by atoms with E-state index < -0.39 is 0 Å². The standard InChI is InChI=1S/C27H30ClN7O2/c1-17-13-29-15-24(31-17)18-5-6-21(23(28)12-18)22-11-19-14-30-27(32-20-7-10-37-16-20)33-25(19)35(26(22)36)9-4-8-34(2)3/h5-6,11-15,20H,4,7-10,16H2,1-3H3,(H,30,32,33)/t20-/m0/s1. The highest BCUT2D eigenvalue weighted by Gasteiger charge is 2.19. The molecule has 0 radical (unpaired) electrons. The number of aromatic nitrogens is 5. The summed E-state index contributed by atoms with van der Waals surface area (Å²) < 4.78 is 7.19. The van der Waals surface area contributed by atoms with Crippen LogP contribution in [0.5, 0.6) is 0 Å². The van der Waals surface area contributed by atoms with Gasteiger partial charge >= 0.3 is 0 Å². The van der Waals surface area contributed by atoms with Crippen molar-refractivity contribution in [1.29, 1.82) is 0 Å². The monoisotopic (exact) mass is 519 g/mol. The van der Waals surface area contributed by atoms with Gasteiger partial charge in [-0.15, -0.1) is 0 Å². The summed E-state index contributed by atoms with van der Waals surface area (Å²) in [5.41, 5.74) is 4.03. The van der Waals surface area contributed by atoms with Gasteiger partial charge in [0.15, 0.2) is 0 Å². The van der Waals surface area contributed by atoms with Crippen LogP contribution in [0.25, 0.3) is 33.4 Å². The highest BCUT2D eigenvalue weighted by atomic mass is 35.5. The number of benzene rings is 1. The molecular weight excluding hydrogens is 490 g/mol. The first-order valence-corrected chi connectivity index (χ1v) is 12.8. The minimum atomic E-state index is -0.134. The molecule has 0 aliphatic carbocycles. The number of anilines is 1. The minimum Gasteiger partial charge on any atom is -0.379 e. The van der Waals surface area contributed by atoms with E-state index in [1.807, 2.05) is 45.3 Å². The quantitative estimate of drug-likeness (QED) is 0.372. The highest BCUT2D eigenvalue weighted by molar-refractivity contribution is 6.33. The summed E-state index contributed by atoms with van der Waals surface area (Å²) in [5, 5.41) is 4.58. The van der Waals surface area contributed by atoms with Crippen LogP contribution < -0.4 is 10.9 Å². The topological polar surface area (TPSA) is 98.1 Å². The first-order valence-electron chi connectivity index (χ1n) is 12.4. The molecule has 1 fully saturated rings. The molecule has 1 aromatic carbocycles. The van der Waals surface area contributed by atoms with Crippen LogP contribution in [0.4, 0.5) is 5.95 Å².